The lowest BCUT2D eigenvalue weighted by atomic mass is 10.2. The maximum Gasteiger partial charge on any atom is 0.272 e. The highest BCUT2D eigenvalue weighted by Gasteiger charge is 2.22. The first kappa shape index (κ1) is 25.5. The lowest BCUT2D eigenvalue weighted by molar-refractivity contribution is -0.119. The summed E-state index contributed by atoms with van der Waals surface area (Å²) in [6.07, 6.45) is 3.83. The minimum Gasteiger partial charge on any atom is -0.324 e. The van der Waals surface area contributed by atoms with E-state index in [0.29, 0.717) is 24.0 Å². The number of carbonyl (C=O) groups is 1. The fourth-order valence-electron chi connectivity index (χ4n) is 3.34. The van der Waals surface area contributed by atoms with Crippen LogP contribution in [0.3, 0.4) is 0 Å². The average molecular weight is 504 g/mol. The smallest absolute Gasteiger partial charge is 0.272 e. The number of hydrogen-bond acceptors (Lipinski definition) is 6. The summed E-state index contributed by atoms with van der Waals surface area (Å²) < 4.78 is 29.4. The number of sulfonamides is 1. The fraction of sp³-hybridized carbons (Fsp3) is 0.304. The zero-order valence-corrected chi connectivity index (χ0v) is 20.7. The summed E-state index contributed by atoms with van der Waals surface area (Å²) in [5, 5.41) is 6.90. The van der Waals surface area contributed by atoms with Gasteiger partial charge in [-0.15, -0.1) is 0 Å². The van der Waals surface area contributed by atoms with Crippen LogP contribution in [0.5, 0.6) is 0 Å². The monoisotopic (exact) mass is 503 g/mol. The predicted octanol–water partition coefficient (Wildman–Crippen LogP) is 2.88. The molecule has 1 atom stereocenters. The third-order valence-electron chi connectivity index (χ3n) is 5.29. The molecule has 11 heteroatoms. The van der Waals surface area contributed by atoms with Crippen molar-refractivity contribution in [1.29, 1.82) is 0 Å². The number of carbonyl (C=O) groups excluding carboxylic acids is 1. The molecule has 0 aliphatic heterocycles. The van der Waals surface area contributed by atoms with Crippen LogP contribution in [-0.2, 0) is 27.7 Å². The summed E-state index contributed by atoms with van der Waals surface area (Å²) >= 11 is 6.02. The molecular weight excluding hydrogens is 478 g/mol. The molecule has 0 aliphatic carbocycles. The van der Waals surface area contributed by atoms with Gasteiger partial charge in [-0.2, -0.15) is 5.10 Å². The van der Waals surface area contributed by atoms with Crippen molar-refractivity contribution in [2.24, 2.45) is 0 Å². The zero-order valence-electron chi connectivity index (χ0n) is 19.1. The van der Waals surface area contributed by atoms with Crippen LogP contribution in [-0.4, -0.2) is 35.6 Å². The van der Waals surface area contributed by atoms with Crippen molar-refractivity contribution in [2.75, 3.05) is 11.9 Å². The van der Waals surface area contributed by atoms with Gasteiger partial charge in [0.05, 0.1) is 16.1 Å². The number of rotatable bonds is 9. The van der Waals surface area contributed by atoms with E-state index in [2.05, 4.69) is 20.1 Å². The van der Waals surface area contributed by atoms with Crippen LogP contribution >= 0.6 is 11.6 Å². The lowest BCUT2D eigenvalue weighted by Crippen LogP contribution is -2.35. The van der Waals surface area contributed by atoms with Gasteiger partial charge in [-0.05, 0) is 50.1 Å². The molecule has 2 aromatic heterocycles. The lowest BCUT2D eigenvalue weighted by Gasteiger charge is -2.16. The first-order chi connectivity index (χ1) is 16.1. The minimum atomic E-state index is -3.82. The molecule has 0 spiro atoms. The highest BCUT2D eigenvalue weighted by Crippen LogP contribution is 2.21. The Hall–Kier alpha value is -3.08. The molecule has 1 aromatic carbocycles. The number of aryl methyl sites for hydroxylation is 1. The van der Waals surface area contributed by atoms with Gasteiger partial charge in [0.1, 0.15) is 6.04 Å². The molecule has 0 aliphatic rings. The molecule has 0 saturated carbocycles. The molecule has 0 bridgehead atoms. The number of nitrogens with one attached hydrogen (secondary N) is 2. The van der Waals surface area contributed by atoms with E-state index < -0.39 is 27.5 Å². The van der Waals surface area contributed by atoms with E-state index in [9.17, 15) is 18.0 Å². The third-order valence-corrected chi connectivity index (χ3v) is 7.22. The van der Waals surface area contributed by atoms with Crippen LogP contribution in [0, 0.1) is 6.92 Å². The Kier molecular flexibility index (Phi) is 8.19. The average Bonchev–Trinajstić information content (AvgIpc) is 2.80. The Balaban J connectivity index is 1.75. The number of hydrogen-bond donors (Lipinski definition) is 2. The van der Waals surface area contributed by atoms with E-state index in [1.54, 1.807) is 38.2 Å². The Morgan fingerprint density at radius 3 is 2.68 bits per heavy atom. The molecule has 2 N–H and O–H groups in total. The summed E-state index contributed by atoms with van der Waals surface area (Å²) in [6, 6.07) is 9.11. The molecule has 9 nitrogen and oxygen atoms in total. The van der Waals surface area contributed by atoms with Crippen molar-refractivity contribution in [2.45, 2.75) is 44.6 Å². The number of halogens is 1. The first-order valence-corrected chi connectivity index (χ1v) is 12.6. The molecule has 2 heterocycles. The molecule has 3 aromatic rings. The van der Waals surface area contributed by atoms with Crippen LogP contribution < -0.4 is 15.6 Å². The number of pyridine rings is 1. The van der Waals surface area contributed by atoms with Crippen molar-refractivity contribution >= 4 is 33.2 Å². The van der Waals surface area contributed by atoms with Gasteiger partial charge in [-0.25, -0.2) is 17.8 Å². The van der Waals surface area contributed by atoms with Gasteiger partial charge in [0.15, 0.2) is 0 Å². The molecule has 0 fully saturated rings. The van der Waals surface area contributed by atoms with Crippen LogP contribution in [0.1, 0.15) is 36.7 Å². The number of amides is 1. The van der Waals surface area contributed by atoms with Crippen molar-refractivity contribution in [3.63, 3.8) is 0 Å². The maximum atomic E-state index is 12.9. The molecule has 0 saturated heterocycles. The van der Waals surface area contributed by atoms with Crippen LogP contribution in [0.25, 0.3) is 0 Å². The second-order valence-electron chi connectivity index (χ2n) is 7.69. The molecule has 0 radical (unpaired) electrons. The molecule has 3 rings (SSSR count). The van der Waals surface area contributed by atoms with Gasteiger partial charge < -0.3 is 5.32 Å². The van der Waals surface area contributed by atoms with Gasteiger partial charge in [0.2, 0.25) is 15.9 Å². The normalized spacial score (nSPS) is 12.4. The number of anilines is 1. The topological polar surface area (TPSA) is 123 Å². The summed E-state index contributed by atoms with van der Waals surface area (Å²) in [4.78, 5) is 29.6. The standard InChI is InChI=1S/C23H26ClN5O4S/c1-4-19-20(24)14-26-29(23(19)31)16(3)22(30)28-18-9-8-15(2)21(13-18)34(32,33)27-12-10-17-7-5-6-11-25-17/h5-9,11,13-14,16,27H,4,10,12H2,1-3H3,(H,28,30). The molecule has 1 amide bonds. The SMILES string of the molecule is CCc1c(Cl)cnn(C(C)C(=O)Nc2ccc(C)c(S(=O)(=O)NCCc3ccccn3)c2)c1=O. The molecule has 34 heavy (non-hydrogen) atoms. The summed E-state index contributed by atoms with van der Waals surface area (Å²) in [6.45, 7) is 5.17. The number of aromatic nitrogens is 3. The Morgan fingerprint density at radius 2 is 2.00 bits per heavy atom. The highest BCUT2D eigenvalue weighted by molar-refractivity contribution is 7.89. The van der Waals surface area contributed by atoms with Crippen LogP contribution in [0.2, 0.25) is 5.02 Å². The predicted molar refractivity (Wildman–Crippen MR) is 131 cm³/mol. The van der Waals surface area contributed by atoms with E-state index in [0.717, 1.165) is 10.4 Å². The highest BCUT2D eigenvalue weighted by atomic mass is 35.5. The van der Waals surface area contributed by atoms with Crippen LogP contribution in [0.4, 0.5) is 5.69 Å². The first-order valence-electron chi connectivity index (χ1n) is 10.7. The fourth-order valence-corrected chi connectivity index (χ4v) is 4.90. The van der Waals surface area contributed by atoms with Crippen molar-refractivity contribution < 1.29 is 13.2 Å². The third kappa shape index (κ3) is 5.88. The molecule has 180 valence electrons. The maximum absolute atomic E-state index is 12.9. The van der Waals surface area contributed by atoms with E-state index >= 15 is 0 Å². The van der Waals surface area contributed by atoms with Gasteiger partial charge in [0.25, 0.3) is 5.56 Å². The van der Waals surface area contributed by atoms with E-state index in [4.69, 9.17) is 11.6 Å². The van der Waals surface area contributed by atoms with Crippen molar-refractivity contribution in [3.8, 4) is 0 Å². The summed E-state index contributed by atoms with van der Waals surface area (Å²) in [5.74, 6) is -0.519. The van der Waals surface area contributed by atoms with E-state index in [1.807, 2.05) is 12.1 Å². The van der Waals surface area contributed by atoms with Gasteiger partial charge in [-0.3, -0.25) is 14.6 Å². The van der Waals surface area contributed by atoms with Gasteiger partial charge in [-0.1, -0.05) is 30.7 Å². The van der Waals surface area contributed by atoms with E-state index in [-0.39, 0.29) is 22.2 Å². The Morgan fingerprint density at radius 1 is 1.24 bits per heavy atom. The largest absolute Gasteiger partial charge is 0.324 e. The van der Waals surface area contributed by atoms with Crippen molar-refractivity contribution in [1.82, 2.24) is 19.5 Å². The van der Waals surface area contributed by atoms with Crippen molar-refractivity contribution in [3.05, 3.63) is 81.0 Å². The molecule has 1 unspecified atom stereocenters. The second kappa shape index (κ2) is 10.9. The Labute approximate surface area is 203 Å². The van der Waals surface area contributed by atoms with Gasteiger partial charge >= 0.3 is 0 Å². The summed E-state index contributed by atoms with van der Waals surface area (Å²) in [7, 11) is -3.82. The van der Waals surface area contributed by atoms with Crippen LogP contribution in [0.15, 0.2) is 58.5 Å². The quantitative estimate of drug-likeness (QED) is 0.463. The minimum absolute atomic E-state index is 0.0500. The summed E-state index contributed by atoms with van der Waals surface area (Å²) in [5.41, 5.74) is 1.51. The molecular formula is C23H26ClN5O4S. The Bertz CT molecular complexity index is 1340. The van der Waals surface area contributed by atoms with Gasteiger partial charge in [0, 0.05) is 36.1 Å². The second-order valence-corrected chi connectivity index (χ2v) is 9.83. The number of nitrogens with zero attached hydrogens (tertiary/aromatic N) is 3. The zero-order chi connectivity index (χ0) is 24.9. The number of benzene rings is 1. The van der Waals surface area contributed by atoms with E-state index in [1.165, 1.54) is 19.2 Å².